The van der Waals surface area contributed by atoms with Crippen molar-refractivity contribution in [3.63, 3.8) is 0 Å². The smallest absolute Gasteiger partial charge is 0.200 e. The second-order valence-corrected chi connectivity index (χ2v) is 3.97. The summed E-state index contributed by atoms with van der Waals surface area (Å²) in [7, 11) is 0. The van der Waals surface area contributed by atoms with Crippen molar-refractivity contribution in [3.8, 4) is 11.6 Å². The van der Waals surface area contributed by atoms with Crippen LogP contribution < -0.4 is 0 Å². The fourth-order valence-electron chi connectivity index (χ4n) is 1.56. The van der Waals surface area contributed by atoms with Crippen molar-refractivity contribution in [1.29, 1.82) is 0 Å². The monoisotopic (exact) mass is 256 g/mol. The zero-order valence-electron chi connectivity index (χ0n) is 9.02. The summed E-state index contributed by atoms with van der Waals surface area (Å²) in [6.07, 6.45) is 0. The van der Waals surface area contributed by atoms with Gasteiger partial charge in [-0.1, -0.05) is 0 Å². The Morgan fingerprint density at radius 3 is 1.62 bits per heavy atom. The minimum absolute atomic E-state index is 0.592. The molecule has 0 unspecified atom stereocenters. The first kappa shape index (κ1) is 11.2. The van der Waals surface area contributed by atoms with E-state index in [0.717, 1.165) is 13.1 Å². The normalized spacial score (nSPS) is 10.9. The summed E-state index contributed by atoms with van der Waals surface area (Å²) in [6.45, 7) is 5.50. The molecule has 0 radical (unpaired) electrons. The molecule has 0 saturated heterocycles. The number of aromatic amines is 2. The highest BCUT2D eigenvalue weighted by Gasteiger charge is 2.14. The largest absolute Gasteiger partial charge is 0.298 e. The zero-order chi connectivity index (χ0) is 11.7. The Labute approximate surface area is 102 Å². The van der Waals surface area contributed by atoms with Gasteiger partial charge < -0.3 is 0 Å². The van der Waals surface area contributed by atoms with Crippen LogP contribution in [0.25, 0.3) is 11.6 Å². The molecule has 2 heterocycles. The van der Waals surface area contributed by atoms with E-state index in [0.29, 0.717) is 21.2 Å². The van der Waals surface area contributed by atoms with Crippen LogP contribution in [0.4, 0.5) is 0 Å². The van der Waals surface area contributed by atoms with Crippen LogP contribution in [0.5, 0.6) is 0 Å². The lowest BCUT2D eigenvalue weighted by Crippen LogP contribution is -2.04. The number of hydrogen-bond acceptors (Lipinski definition) is 4. The minimum Gasteiger partial charge on any atom is -0.298 e. The maximum atomic E-state index is 5.13. The molecule has 0 saturated carbocycles. The van der Waals surface area contributed by atoms with Crippen LogP contribution in [-0.4, -0.2) is 29.5 Å². The number of aromatic nitrogens is 6. The highest BCUT2D eigenvalue weighted by atomic mass is 32.1. The molecule has 0 bridgehead atoms. The van der Waals surface area contributed by atoms with Gasteiger partial charge in [0.15, 0.2) is 21.2 Å². The Bertz CT molecular complexity index is 546. The Balaban J connectivity index is 2.67. The lowest BCUT2D eigenvalue weighted by atomic mass is 10.5. The topological polar surface area (TPSA) is 67.2 Å². The van der Waals surface area contributed by atoms with E-state index in [2.05, 4.69) is 20.4 Å². The van der Waals surface area contributed by atoms with Gasteiger partial charge in [0.05, 0.1) is 0 Å². The summed E-state index contributed by atoms with van der Waals surface area (Å²) in [6, 6.07) is 0. The molecule has 0 fully saturated rings. The third kappa shape index (κ3) is 1.63. The van der Waals surface area contributed by atoms with Crippen LogP contribution in [0, 0.1) is 9.54 Å². The third-order valence-corrected chi connectivity index (χ3v) is 2.97. The first-order valence-electron chi connectivity index (χ1n) is 4.99. The lowest BCUT2D eigenvalue weighted by Gasteiger charge is -2.03. The molecule has 2 rings (SSSR count). The average Bonchev–Trinajstić information content (AvgIpc) is 2.81. The molecule has 0 atom stereocenters. The van der Waals surface area contributed by atoms with E-state index in [9.17, 15) is 0 Å². The first-order chi connectivity index (χ1) is 7.69. The average molecular weight is 256 g/mol. The van der Waals surface area contributed by atoms with Crippen molar-refractivity contribution >= 4 is 24.4 Å². The van der Waals surface area contributed by atoms with Gasteiger partial charge in [-0.15, -0.1) is 0 Å². The van der Waals surface area contributed by atoms with Gasteiger partial charge in [-0.05, 0) is 38.3 Å². The molecule has 86 valence electrons. The van der Waals surface area contributed by atoms with Gasteiger partial charge in [0.1, 0.15) is 0 Å². The number of rotatable bonds is 3. The van der Waals surface area contributed by atoms with Crippen molar-refractivity contribution < 1.29 is 0 Å². The Hall–Kier alpha value is -1.28. The second kappa shape index (κ2) is 4.30. The Morgan fingerprint density at radius 1 is 0.938 bits per heavy atom. The van der Waals surface area contributed by atoms with E-state index >= 15 is 0 Å². The molecule has 0 spiro atoms. The van der Waals surface area contributed by atoms with Crippen LogP contribution >= 0.6 is 24.4 Å². The predicted octanol–water partition coefficient (Wildman–Crippen LogP) is 1.90. The van der Waals surface area contributed by atoms with E-state index in [-0.39, 0.29) is 0 Å². The van der Waals surface area contributed by atoms with Crippen molar-refractivity contribution in [2.24, 2.45) is 0 Å². The fourth-order valence-corrected chi connectivity index (χ4v) is 2.09. The van der Waals surface area contributed by atoms with E-state index in [1.54, 1.807) is 0 Å². The van der Waals surface area contributed by atoms with Gasteiger partial charge >= 0.3 is 0 Å². The van der Waals surface area contributed by atoms with Crippen molar-refractivity contribution in [1.82, 2.24) is 29.5 Å². The standard InChI is InChI=1S/C8H12N6S2/c1-3-13-5(9-11-7(13)15)6-10-12-8(16)14(6)4-2/h3-4H2,1-2H3,(H,11,15)(H,12,16). The third-order valence-electron chi connectivity index (χ3n) is 2.35. The molecule has 0 aliphatic heterocycles. The van der Waals surface area contributed by atoms with Crippen LogP contribution in [0.1, 0.15) is 13.8 Å². The molecular weight excluding hydrogens is 244 g/mol. The molecule has 2 aromatic heterocycles. The molecule has 6 nitrogen and oxygen atoms in total. The molecule has 16 heavy (non-hydrogen) atoms. The van der Waals surface area contributed by atoms with Gasteiger partial charge in [0, 0.05) is 13.1 Å². The van der Waals surface area contributed by atoms with Gasteiger partial charge in [-0.2, -0.15) is 10.2 Å². The highest BCUT2D eigenvalue weighted by molar-refractivity contribution is 7.71. The lowest BCUT2D eigenvalue weighted by molar-refractivity contribution is 0.717. The van der Waals surface area contributed by atoms with Crippen molar-refractivity contribution in [2.75, 3.05) is 0 Å². The summed E-state index contributed by atoms with van der Waals surface area (Å²) in [5.41, 5.74) is 0. The number of nitrogens with zero attached hydrogens (tertiary/aromatic N) is 4. The van der Waals surface area contributed by atoms with Crippen molar-refractivity contribution in [3.05, 3.63) is 9.54 Å². The van der Waals surface area contributed by atoms with E-state index in [4.69, 9.17) is 24.4 Å². The minimum atomic E-state index is 0.592. The number of hydrogen-bond donors (Lipinski definition) is 2. The quantitative estimate of drug-likeness (QED) is 0.823. The number of H-pyrrole nitrogens is 2. The van der Waals surface area contributed by atoms with Crippen LogP contribution in [0.15, 0.2) is 0 Å². The SMILES string of the molecule is CCn1c(-c2n[nH]c(=S)n2CC)n[nH]c1=S. The van der Waals surface area contributed by atoms with Gasteiger partial charge in [-0.3, -0.25) is 19.3 Å². The Kier molecular flexibility index (Phi) is 3.01. The zero-order valence-corrected chi connectivity index (χ0v) is 10.7. The molecule has 0 amide bonds. The van der Waals surface area contributed by atoms with E-state index < -0.39 is 0 Å². The maximum Gasteiger partial charge on any atom is 0.200 e. The number of nitrogens with one attached hydrogen (secondary N) is 2. The molecular formula is C8H12N6S2. The molecule has 0 aliphatic rings. The predicted molar refractivity (Wildman–Crippen MR) is 65.2 cm³/mol. The van der Waals surface area contributed by atoms with Crippen LogP contribution in [0.3, 0.4) is 0 Å². The summed E-state index contributed by atoms with van der Waals surface area (Å²) < 4.78 is 4.95. The van der Waals surface area contributed by atoms with Gasteiger partial charge in [0.25, 0.3) is 0 Å². The van der Waals surface area contributed by atoms with E-state index in [1.807, 2.05) is 23.0 Å². The summed E-state index contributed by atoms with van der Waals surface area (Å²) in [4.78, 5) is 0. The van der Waals surface area contributed by atoms with Crippen molar-refractivity contribution in [2.45, 2.75) is 26.9 Å². The van der Waals surface area contributed by atoms with E-state index in [1.165, 1.54) is 0 Å². The van der Waals surface area contributed by atoms with Crippen LogP contribution in [0.2, 0.25) is 0 Å². The second-order valence-electron chi connectivity index (χ2n) is 3.19. The Morgan fingerprint density at radius 2 is 1.31 bits per heavy atom. The molecule has 2 aromatic rings. The van der Waals surface area contributed by atoms with Gasteiger partial charge in [-0.25, -0.2) is 0 Å². The summed E-state index contributed by atoms with van der Waals surface area (Å²) >= 11 is 10.3. The molecule has 8 heteroatoms. The molecule has 2 N–H and O–H groups in total. The van der Waals surface area contributed by atoms with Gasteiger partial charge in [0.2, 0.25) is 0 Å². The maximum absolute atomic E-state index is 5.13. The first-order valence-corrected chi connectivity index (χ1v) is 5.81. The highest BCUT2D eigenvalue weighted by Crippen LogP contribution is 2.14. The molecule has 0 aromatic carbocycles. The summed E-state index contributed by atoms with van der Waals surface area (Å²) in [5, 5.41) is 13.9. The molecule has 0 aliphatic carbocycles. The van der Waals surface area contributed by atoms with Crippen LogP contribution in [-0.2, 0) is 13.1 Å². The fraction of sp³-hybridized carbons (Fsp3) is 0.500. The summed E-state index contributed by atoms with van der Waals surface area (Å²) in [5.74, 6) is 1.42.